The zero-order chi connectivity index (χ0) is 20.7. The minimum atomic E-state index is -0.130. The van der Waals surface area contributed by atoms with E-state index < -0.39 is 0 Å². The van der Waals surface area contributed by atoms with Gasteiger partial charge in [-0.1, -0.05) is 25.0 Å². The van der Waals surface area contributed by atoms with Crippen molar-refractivity contribution >= 4 is 17.2 Å². The van der Waals surface area contributed by atoms with Gasteiger partial charge in [0.15, 0.2) is 0 Å². The molecule has 0 bridgehead atoms. The number of methoxy groups -OCH3 is 1. The molecular formula is C24H31N3O2S. The molecule has 3 aliphatic rings. The molecule has 1 spiro atoms. The van der Waals surface area contributed by atoms with Crippen LogP contribution >= 0.6 is 11.3 Å². The lowest BCUT2D eigenvalue weighted by molar-refractivity contribution is -0.180. The first-order valence-electron chi connectivity index (χ1n) is 11.2. The molecule has 5 rings (SSSR count). The van der Waals surface area contributed by atoms with E-state index in [4.69, 9.17) is 4.74 Å². The molecule has 6 heteroatoms. The number of ether oxygens (including phenoxy) is 1. The topological polar surface area (TPSA) is 45.7 Å². The summed E-state index contributed by atoms with van der Waals surface area (Å²) in [5.41, 5.74) is 4.22. The van der Waals surface area contributed by atoms with Gasteiger partial charge in [-0.25, -0.2) is 4.98 Å². The van der Waals surface area contributed by atoms with Gasteiger partial charge in [0.05, 0.1) is 34.6 Å². The van der Waals surface area contributed by atoms with Gasteiger partial charge in [0, 0.05) is 25.7 Å². The van der Waals surface area contributed by atoms with Gasteiger partial charge in [0.25, 0.3) is 0 Å². The maximum Gasteiger partial charge on any atom is 0.232 e. The monoisotopic (exact) mass is 425 g/mol. The Bertz CT molecular complexity index is 913. The van der Waals surface area contributed by atoms with Crippen LogP contribution in [0.1, 0.15) is 60.7 Å². The molecule has 0 N–H and O–H groups in total. The standard InChI is InChI=1S/C24H31N3O2S/c1-17-21(30-16-25-17)22-24(10-3-4-11-24)23(28)27(22)19-8-12-26(13-9-19)15-18-6-5-7-20(14-18)29-2/h5-7,14,16,19,22H,3-4,8-13,15H2,1-2H3. The number of rotatable bonds is 5. The van der Waals surface area contributed by atoms with Crippen molar-refractivity contribution in [2.24, 2.45) is 5.41 Å². The first-order chi connectivity index (χ1) is 14.6. The molecule has 1 aromatic heterocycles. The Kier molecular flexibility index (Phi) is 5.31. The quantitative estimate of drug-likeness (QED) is 0.659. The van der Waals surface area contributed by atoms with Gasteiger partial charge in [0.1, 0.15) is 5.75 Å². The third kappa shape index (κ3) is 3.25. The lowest BCUT2D eigenvalue weighted by Gasteiger charge is -2.58. The van der Waals surface area contributed by atoms with Crippen LogP contribution in [0.4, 0.5) is 0 Å². The molecular weight excluding hydrogens is 394 g/mol. The van der Waals surface area contributed by atoms with Crippen molar-refractivity contribution in [2.45, 2.75) is 64.1 Å². The summed E-state index contributed by atoms with van der Waals surface area (Å²) in [7, 11) is 1.72. The van der Waals surface area contributed by atoms with Gasteiger partial charge in [-0.15, -0.1) is 11.3 Å². The lowest BCUT2D eigenvalue weighted by atomic mass is 9.67. The molecule has 3 fully saturated rings. The van der Waals surface area contributed by atoms with Gasteiger partial charge in [-0.05, 0) is 50.3 Å². The number of aryl methyl sites for hydroxylation is 1. The second-order valence-corrected chi connectivity index (χ2v) is 10.0. The number of nitrogens with zero attached hydrogens (tertiary/aromatic N) is 3. The van der Waals surface area contributed by atoms with Gasteiger partial charge in [0.2, 0.25) is 5.91 Å². The lowest BCUT2D eigenvalue weighted by Crippen LogP contribution is -2.66. The van der Waals surface area contributed by atoms with Crippen LogP contribution in [-0.2, 0) is 11.3 Å². The molecule has 1 aliphatic carbocycles. The molecule has 30 heavy (non-hydrogen) atoms. The molecule has 1 saturated carbocycles. The SMILES string of the molecule is COc1cccc(CN2CCC(N3C(=O)C4(CCCC4)C3c3scnc3C)CC2)c1. The van der Waals surface area contributed by atoms with Crippen LogP contribution in [0.5, 0.6) is 5.75 Å². The number of aromatic nitrogens is 1. The maximum atomic E-state index is 13.4. The zero-order valence-corrected chi connectivity index (χ0v) is 18.8. The number of carbonyl (C=O) groups is 1. The van der Waals surface area contributed by atoms with E-state index in [-0.39, 0.29) is 11.5 Å². The Morgan fingerprint density at radius 3 is 2.67 bits per heavy atom. The normalized spacial score (nSPS) is 24.4. The summed E-state index contributed by atoms with van der Waals surface area (Å²) < 4.78 is 5.36. The smallest absolute Gasteiger partial charge is 0.232 e. The minimum absolute atomic E-state index is 0.130. The van der Waals surface area contributed by atoms with Crippen molar-refractivity contribution in [3.63, 3.8) is 0 Å². The van der Waals surface area contributed by atoms with E-state index >= 15 is 0 Å². The summed E-state index contributed by atoms with van der Waals surface area (Å²) in [6, 6.07) is 8.96. The van der Waals surface area contributed by atoms with E-state index in [0.717, 1.165) is 56.8 Å². The van der Waals surface area contributed by atoms with Crippen LogP contribution in [0.15, 0.2) is 29.8 Å². The number of thiazole rings is 1. The number of likely N-dealkylation sites (tertiary alicyclic amines) is 2. The second-order valence-electron chi connectivity index (χ2n) is 9.14. The molecule has 0 radical (unpaired) electrons. The first kappa shape index (κ1) is 20.0. The van der Waals surface area contributed by atoms with Crippen molar-refractivity contribution in [1.29, 1.82) is 0 Å². The highest BCUT2D eigenvalue weighted by Crippen LogP contribution is 2.61. The largest absolute Gasteiger partial charge is 0.497 e. The maximum absolute atomic E-state index is 13.4. The second kappa shape index (κ2) is 7.97. The van der Waals surface area contributed by atoms with E-state index in [1.54, 1.807) is 18.4 Å². The zero-order valence-electron chi connectivity index (χ0n) is 18.0. The molecule has 5 nitrogen and oxygen atoms in total. The van der Waals surface area contributed by atoms with Crippen molar-refractivity contribution in [3.8, 4) is 5.75 Å². The number of carbonyl (C=O) groups excluding carboxylic acids is 1. The molecule has 2 aromatic rings. The number of piperidine rings is 1. The fourth-order valence-electron chi connectivity index (χ4n) is 5.90. The Labute approximate surface area is 183 Å². The molecule has 1 aromatic carbocycles. The number of benzene rings is 1. The summed E-state index contributed by atoms with van der Waals surface area (Å²) in [6.07, 6.45) is 6.60. The van der Waals surface area contributed by atoms with E-state index in [1.165, 1.54) is 23.3 Å². The van der Waals surface area contributed by atoms with Crippen molar-refractivity contribution in [1.82, 2.24) is 14.8 Å². The molecule has 1 unspecified atom stereocenters. The van der Waals surface area contributed by atoms with Crippen LogP contribution < -0.4 is 4.74 Å². The van der Waals surface area contributed by atoms with E-state index in [2.05, 4.69) is 39.9 Å². The summed E-state index contributed by atoms with van der Waals surface area (Å²) >= 11 is 1.74. The van der Waals surface area contributed by atoms with Crippen molar-refractivity contribution in [3.05, 3.63) is 45.9 Å². The highest BCUT2D eigenvalue weighted by molar-refractivity contribution is 7.09. The Hall–Kier alpha value is -1.92. The van der Waals surface area contributed by atoms with Crippen molar-refractivity contribution < 1.29 is 9.53 Å². The third-order valence-corrected chi connectivity index (χ3v) is 8.46. The molecule has 3 heterocycles. The van der Waals surface area contributed by atoms with Crippen molar-refractivity contribution in [2.75, 3.05) is 20.2 Å². The Morgan fingerprint density at radius 1 is 1.23 bits per heavy atom. The van der Waals surface area contributed by atoms with Gasteiger partial charge in [-0.2, -0.15) is 0 Å². The number of β-lactam (4-membered cyclic amide) rings is 1. The van der Waals surface area contributed by atoms with Gasteiger partial charge in [-0.3, -0.25) is 9.69 Å². The molecule has 1 amide bonds. The summed E-state index contributed by atoms with van der Waals surface area (Å²) in [4.78, 5) is 24.0. The number of amides is 1. The van der Waals surface area contributed by atoms with Gasteiger partial charge >= 0.3 is 0 Å². The molecule has 2 aliphatic heterocycles. The highest BCUT2D eigenvalue weighted by atomic mass is 32.1. The fourth-order valence-corrected chi connectivity index (χ4v) is 6.91. The van der Waals surface area contributed by atoms with Crippen LogP contribution in [0.3, 0.4) is 0 Å². The Balaban J connectivity index is 1.28. The predicted octanol–water partition coefficient (Wildman–Crippen LogP) is 4.57. The average Bonchev–Trinajstić information content (AvgIpc) is 3.43. The number of hydrogen-bond donors (Lipinski definition) is 0. The van der Waals surface area contributed by atoms with E-state index in [9.17, 15) is 4.79 Å². The molecule has 160 valence electrons. The first-order valence-corrected chi connectivity index (χ1v) is 12.1. The summed E-state index contributed by atoms with van der Waals surface area (Å²) in [5.74, 6) is 1.34. The molecule has 1 atom stereocenters. The van der Waals surface area contributed by atoms with Crippen LogP contribution in [0.2, 0.25) is 0 Å². The van der Waals surface area contributed by atoms with Gasteiger partial charge < -0.3 is 9.64 Å². The van der Waals surface area contributed by atoms with E-state index in [0.29, 0.717) is 11.9 Å². The summed E-state index contributed by atoms with van der Waals surface area (Å²) in [6.45, 7) is 5.12. The average molecular weight is 426 g/mol. The Morgan fingerprint density at radius 2 is 2.00 bits per heavy atom. The summed E-state index contributed by atoms with van der Waals surface area (Å²) in [5, 5.41) is 0. The number of hydrogen-bond acceptors (Lipinski definition) is 5. The third-order valence-electron chi connectivity index (χ3n) is 7.48. The van der Waals surface area contributed by atoms with Crippen LogP contribution in [-0.4, -0.2) is 46.9 Å². The molecule has 2 saturated heterocycles. The van der Waals surface area contributed by atoms with Crippen LogP contribution in [0.25, 0.3) is 0 Å². The fraction of sp³-hybridized carbons (Fsp3) is 0.583. The highest BCUT2D eigenvalue weighted by Gasteiger charge is 2.63. The predicted molar refractivity (Wildman–Crippen MR) is 119 cm³/mol. The van der Waals surface area contributed by atoms with Crippen LogP contribution in [0, 0.1) is 12.3 Å². The minimum Gasteiger partial charge on any atom is -0.497 e. The van der Waals surface area contributed by atoms with E-state index in [1.807, 2.05) is 11.6 Å².